The molecule has 0 atom stereocenters. The second kappa shape index (κ2) is 15.1. The van der Waals surface area contributed by atoms with Gasteiger partial charge in [0, 0.05) is 0 Å². The number of hydrogen-bond acceptors (Lipinski definition) is 0. The fourth-order valence-corrected chi connectivity index (χ4v) is 13.3. The van der Waals surface area contributed by atoms with Gasteiger partial charge in [-0.25, -0.2) is 0 Å². The molecule has 0 aliphatic heterocycles. The van der Waals surface area contributed by atoms with Crippen molar-refractivity contribution in [3.63, 3.8) is 0 Å². The van der Waals surface area contributed by atoms with Crippen LogP contribution in [0.15, 0.2) is 255 Å². The molecule has 0 N–H and O–H groups in total. The molecule has 14 aromatic rings. The molecule has 0 bridgehead atoms. The van der Waals surface area contributed by atoms with Crippen molar-refractivity contribution in [1.82, 2.24) is 0 Å². The van der Waals surface area contributed by atoms with Crippen LogP contribution in [0.5, 0.6) is 0 Å². The maximum Gasteiger partial charge on any atom is -0.000718 e. The highest BCUT2D eigenvalue weighted by molar-refractivity contribution is 6.42. The summed E-state index contributed by atoms with van der Waals surface area (Å²) in [6, 6.07) is 95.3. The third kappa shape index (κ3) is 5.36. The van der Waals surface area contributed by atoms with Gasteiger partial charge in [0.25, 0.3) is 0 Å². The molecule has 0 spiro atoms. The van der Waals surface area contributed by atoms with E-state index in [0.29, 0.717) is 0 Å². The second-order valence-electron chi connectivity index (χ2n) is 19.7. The topological polar surface area (TPSA) is 0 Å². The van der Waals surface area contributed by atoms with Crippen LogP contribution < -0.4 is 0 Å². The molecular weight excluding hydrogens is 865 g/mol. The number of fused-ring (bicyclic) bond motifs is 9. The molecule has 0 saturated heterocycles. The zero-order chi connectivity index (χ0) is 47.0. The van der Waals surface area contributed by atoms with E-state index in [-0.39, 0.29) is 0 Å². The van der Waals surface area contributed by atoms with Gasteiger partial charge in [0.1, 0.15) is 0 Å². The van der Waals surface area contributed by atoms with Crippen LogP contribution in [0.3, 0.4) is 0 Å². The summed E-state index contributed by atoms with van der Waals surface area (Å²) in [6.45, 7) is 0. The molecule has 330 valence electrons. The van der Waals surface area contributed by atoms with E-state index in [2.05, 4.69) is 255 Å². The van der Waals surface area contributed by atoms with Gasteiger partial charge in [-0.2, -0.15) is 0 Å². The minimum absolute atomic E-state index is 1.22. The van der Waals surface area contributed by atoms with Crippen LogP contribution in [0.25, 0.3) is 165 Å². The van der Waals surface area contributed by atoms with Crippen LogP contribution in [-0.4, -0.2) is 0 Å². The van der Waals surface area contributed by atoms with Crippen molar-refractivity contribution in [2.75, 3.05) is 0 Å². The van der Waals surface area contributed by atoms with Gasteiger partial charge in [-0.15, -0.1) is 0 Å². The van der Waals surface area contributed by atoms with Crippen LogP contribution in [-0.2, 0) is 0 Å². The molecule has 14 aromatic carbocycles. The van der Waals surface area contributed by atoms with Gasteiger partial charge < -0.3 is 0 Å². The van der Waals surface area contributed by atoms with Gasteiger partial charge in [0.05, 0.1) is 0 Å². The lowest BCUT2D eigenvalue weighted by Crippen LogP contribution is -1.95. The van der Waals surface area contributed by atoms with Gasteiger partial charge in [-0.05, 0) is 165 Å². The summed E-state index contributed by atoms with van der Waals surface area (Å²) in [4.78, 5) is 0. The maximum absolute atomic E-state index is 2.46. The van der Waals surface area contributed by atoms with Crippen LogP contribution in [0.1, 0.15) is 0 Å². The zero-order valence-electron chi connectivity index (χ0n) is 39.2. The molecule has 0 aromatic heterocycles. The molecular formula is C72H42. The van der Waals surface area contributed by atoms with Gasteiger partial charge in [-0.1, -0.05) is 255 Å². The van der Waals surface area contributed by atoms with Crippen LogP contribution in [0, 0.1) is 0 Å². The van der Waals surface area contributed by atoms with E-state index in [4.69, 9.17) is 0 Å². The average molecular weight is 907 g/mol. The summed E-state index contributed by atoms with van der Waals surface area (Å²) in [5, 5.41) is 13.2. The Kier molecular flexibility index (Phi) is 8.26. The Labute approximate surface area is 417 Å². The van der Waals surface area contributed by atoms with Crippen molar-refractivity contribution >= 4 is 53.9 Å². The lowest BCUT2D eigenvalue weighted by molar-refractivity contribution is 1.57. The van der Waals surface area contributed by atoms with Crippen LogP contribution in [0.2, 0.25) is 0 Å². The van der Waals surface area contributed by atoms with Gasteiger partial charge in [0.15, 0.2) is 0 Å². The summed E-state index contributed by atoms with van der Waals surface area (Å²) in [7, 11) is 0. The van der Waals surface area contributed by atoms with E-state index in [9.17, 15) is 0 Å². The van der Waals surface area contributed by atoms with Crippen LogP contribution in [0.4, 0.5) is 0 Å². The molecule has 0 unspecified atom stereocenters. The van der Waals surface area contributed by atoms with E-state index in [0.717, 1.165) is 0 Å². The van der Waals surface area contributed by atoms with Crippen molar-refractivity contribution in [2.24, 2.45) is 0 Å². The van der Waals surface area contributed by atoms with E-state index in [1.165, 1.54) is 165 Å². The summed E-state index contributed by atoms with van der Waals surface area (Å²) >= 11 is 0. The monoisotopic (exact) mass is 906 g/mol. The predicted octanol–water partition coefficient (Wildman–Crippen LogP) is 20.2. The van der Waals surface area contributed by atoms with Gasteiger partial charge in [-0.3, -0.25) is 0 Å². The lowest BCUT2D eigenvalue weighted by Gasteiger charge is -2.22. The van der Waals surface area contributed by atoms with Crippen molar-refractivity contribution in [1.29, 1.82) is 0 Å². The number of benzene rings is 14. The lowest BCUT2D eigenvalue weighted by atomic mass is 9.81. The molecule has 0 fully saturated rings. The first kappa shape index (κ1) is 39.5. The molecule has 72 heavy (non-hydrogen) atoms. The van der Waals surface area contributed by atoms with Gasteiger partial charge in [0.2, 0.25) is 0 Å². The minimum Gasteiger partial charge on any atom is -0.0622 e. The normalized spacial score (nSPS) is 12.2. The first-order valence-electron chi connectivity index (χ1n) is 25.2. The fourth-order valence-electron chi connectivity index (χ4n) is 13.3. The van der Waals surface area contributed by atoms with E-state index >= 15 is 0 Å². The quantitative estimate of drug-likeness (QED) is 0.115. The van der Waals surface area contributed by atoms with E-state index in [1.807, 2.05) is 0 Å². The first-order chi connectivity index (χ1) is 35.8. The minimum atomic E-state index is 1.22. The largest absolute Gasteiger partial charge is 0.0622 e. The third-order valence-electron chi connectivity index (χ3n) is 16.1. The molecule has 0 radical (unpaired) electrons. The van der Waals surface area contributed by atoms with Crippen molar-refractivity contribution in [3.8, 4) is 111 Å². The zero-order valence-corrected chi connectivity index (χ0v) is 39.2. The first-order valence-corrected chi connectivity index (χ1v) is 25.2. The molecule has 0 heterocycles. The summed E-state index contributed by atoms with van der Waals surface area (Å²) < 4.78 is 0. The molecule has 2 aliphatic carbocycles. The maximum atomic E-state index is 2.46. The van der Waals surface area contributed by atoms with E-state index in [1.54, 1.807) is 0 Å². The smallest absolute Gasteiger partial charge is 0.000718 e. The molecule has 0 heteroatoms. The highest BCUT2D eigenvalue weighted by Crippen LogP contribution is 2.62. The highest BCUT2D eigenvalue weighted by Gasteiger charge is 2.35. The second-order valence-corrected chi connectivity index (χ2v) is 19.7. The fraction of sp³-hybridized carbons (Fsp3) is 0. The van der Waals surface area contributed by atoms with E-state index < -0.39 is 0 Å². The van der Waals surface area contributed by atoms with Gasteiger partial charge >= 0.3 is 0 Å². The standard InChI is InChI=1S/C72H42/c1-5-19-43(20-6-1)47-27-13-15-29-50(47)54-34-33-49(45-23-9-3-10-24-45)64-59-39-35-55-57-37-41-61-70-62(42-38-58(66(57)70)56-36-40-60(68(54)64)69(59)65(55)56)72-67(51-30-16-14-28-48(51)44-21-7-2-8-22-44)53-32-18-17-31-52(53)63(71(61)72)46-25-11-4-12-26-46/h1-42H. The Morgan fingerprint density at radius 3 is 0.944 bits per heavy atom. The highest BCUT2D eigenvalue weighted by atomic mass is 14.4. The average Bonchev–Trinajstić information content (AvgIpc) is 3.98. The van der Waals surface area contributed by atoms with Crippen molar-refractivity contribution in [2.45, 2.75) is 0 Å². The van der Waals surface area contributed by atoms with Crippen molar-refractivity contribution in [3.05, 3.63) is 255 Å². The summed E-state index contributed by atoms with van der Waals surface area (Å²) in [6.07, 6.45) is 0. The Bertz CT molecular complexity index is 4540. The predicted molar refractivity (Wildman–Crippen MR) is 307 cm³/mol. The SMILES string of the molecule is c1ccc(-c2ccccc2-c2ccc(-c3ccccc3)c3c2-c2ccc4c5ccc6c7c(ccc(c8ccc-3c2c84)c75)-c2c-6c(-c3ccccc3-c3ccccc3)c3ccccc3c2-c2ccccc2)cc1. The molecule has 0 amide bonds. The summed E-state index contributed by atoms with van der Waals surface area (Å²) in [5.41, 5.74) is 25.5. The molecule has 0 nitrogen and oxygen atoms in total. The molecule has 16 rings (SSSR count). The summed E-state index contributed by atoms with van der Waals surface area (Å²) in [5.74, 6) is 0. The third-order valence-corrected chi connectivity index (χ3v) is 16.1. The Morgan fingerprint density at radius 1 is 0.125 bits per heavy atom. The van der Waals surface area contributed by atoms with Crippen molar-refractivity contribution < 1.29 is 0 Å². The molecule has 2 aliphatic rings. The Balaban J connectivity index is 1.00. The Hall–Kier alpha value is -9.36. The molecule has 0 saturated carbocycles. The Morgan fingerprint density at radius 2 is 0.444 bits per heavy atom. The number of rotatable bonds is 6. The van der Waals surface area contributed by atoms with Crippen LogP contribution >= 0.6 is 0 Å². The number of hydrogen-bond donors (Lipinski definition) is 0.